The van der Waals surface area contributed by atoms with Gasteiger partial charge in [0.25, 0.3) is 0 Å². The molecule has 1 aromatic rings. The number of nitrogens with one attached hydrogen (secondary N) is 1. The molecule has 6 heteroatoms. The second-order valence-electron chi connectivity index (χ2n) is 3.59. The Morgan fingerprint density at radius 2 is 2.00 bits per heavy atom. The lowest BCUT2D eigenvalue weighted by atomic mass is 10.0. The van der Waals surface area contributed by atoms with Gasteiger partial charge in [0, 0.05) is 11.8 Å². The highest BCUT2D eigenvalue weighted by atomic mass is 19.4. The highest BCUT2D eigenvalue weighted by Gasteiger charge is 2.52. The molecule has 0 bridgehead atoms. The van der Waals surface area contributed by atoms with E-state index < -0.39 is 11.7 Å². The summed E-state index contributed by atoms with van der Waals surface area (Å²) in [5.74, 6) is 0.414. The molecular formula is C11H11F3N2O. The first-order valence-electron chi connectivity index (χ1n) is 4.72. The molecule has 0 saturated heterocycles. The van der Waals surface area contributed by atoms with E-state index in [0.717, 1.165) is 6.92 Å². The van der Waals surface area contributed by atoms with Gasteiger partial charge in [0.2, 0.25) is 5.54 Å². The van der Waals surface area contributed by atoms with Gasteiger partial charge < -0.3 is 10.1 Å². The quantitative estimate of drug-likeness (QED) is 0.889. The van der Waals surface area contributed by atoms with Crippen molar-refractivity contribution in [3.8, 4) is 11.8 Å². The minimum Gasteiger partial charge on any atom is -0.497 e. The first-order valence-corrected chi connectivity index (χ1v) is 4.72. The van der Waals surface area contributed by atoms with E-state index in [9.17, 15) is 13.2 Å². The normalized spacial score (nSPS) is 14.6. The highest BCUT2D eigenvalue weighted by molar-refractivity contribution is 5.52. The van der Waals surface area contributed by atoms with E-state index in [1.807, 2.05) is 0 Å². The summed E-state index contributed by atoms with van der Waals surface area (Å²) in [6.07, 6.45) is -4.66. The van der Waals surface area contributed by atoms with Crippen molar-refractivity contribution >= 4 is 5.69 Å². The minimum atomic E-state index is -4.66. The number of methoxy groups -OCH3 is 1. The van der Waals surface area contributed by atoms with Crippen LogP contribution in [-0.2, 0) is 0 Å². The van der Waals surface area contributed by atoms with Crippen LogP contribution >= 0.6 is 0 Å². The molecule has 0 heterocycles. The van der Waals surface area contributed by atoms with Crippen LogP contribution in [0.25, 0.3) is 0 Å². The molecule has 1 unspecified atom stereocenters. The van der Waals surface area contributed by atoms with Crippen LogP contribution in [0.2, 0.25) is 0 Å². The van der Waals surface area contributed by atoms with Gasteiger partial charge in [0.1, 0.15) is 11.8 Å². The monoisotopic (exact) mass is 244 g/mol. The molecular weight excluding hydrogens is 233 g/mol. The molecule has 1 atom stereocenters. The van der Waals surface area contributed by atoms with Crippen molar-refractivity contribution in [1.29, 1.82) is 5.26 Å². The zero-order chi connectivity index (χ0) is 13.1. The number of ether oxygens (including phenoxy) is 1. The Bertz CT molecular complexity index is 439. The Labute approximate surface area is 96.8 Å². The van der Waals surface area contributed by atoms with E-state index in [4.69, 9.17) is 10.00 Å². The average molecular weight is 244 g/mol. The number of nitriles is 1. The van der Waals surface area contributed by atoms with Gasteiger partial charge in [-0.15, -0.1) is 0 Å². The minimum absolute atomic E-state index is 0.172. The van der Waals surface area contributed by atoms with Gasteiger partial charge >= 0.3 is 6.18 Å². The van der Waals surface area contributed by atoms with Crippen LogP contribution < -0.4 is 10.1 Å². The molecule has 0 aliphatic carbocycles. The smallest absolute Gasteiger partial charge is 0.424 e. The van der Waals surface area contributed by atoms with Crippen molar-refractivity contribution in [2.45, 2.75) is 18.6 Å². The molecule has 0 aliphatic rings. The third-order valence-electron chi connectivity index (χ3n) is 2.25. The van der Waals surface area contributed by atoms with Crippen LogP contribution in [0.5, 0.6) is 5.75 Å². The number of halogens is 3. The maximum absolute atomic E-state index is 12.7. The molecule has 92 valence electrons. The van der Waals surface area contributed by atoms with Crippen molar-refractivity contribution < 1.29 is 17.9 Å². The van der Waals surface area contributed by atoms with Crippen molar-refractivity contribution in [2.75, 3.05) is 12.4 Å². The zero-order valence-corrected chi connectivity index (χ0v) is 9.30. The maximum atomic E-state index is 12.7. The van der Waals surface area contributed by atoms with Gasteiger partial charge in [0.15, 0.2) is 0 Å². The fraction of sp³-hybridized carbons (Fsp3) is 0.364. The molecule has 0 amide bonds. The van der Waals surface area contributed by atoms with Crippen LogP contribution in [0.1, 0.15) is 6.92 Å². The second-order valence-corrected chi connectivity index (χ2v) is 3.59. The summed E-state index contributed by atoms with van der Waals surface area (Å²) in [4.78, 5) is 0. The molecule has 0 spiro atoms. The Kier molecular flexibility index (Phi) is 3.51. The molecule has 1 rings (SSSR count). The van der Waals surface area contributed by atoms with Crippen LogP contribution in [-0.4, -0.2) is 18.8 Å². The highest BCUT2D eigenvalue weighted by Crippen LogP contribution is 2.33. The Hall–Kier alpha value is -1.90. The van der Waals surface area contributed by atoms with E-state index in [0.29, 0.717) is 5.75 Å². The Morgan fingerprint density at radius 3 is 2.47 bits per heavy atom. The standard InChI is InChI=1S/C11H11F3N2O/c1-10(7-15,11(12,13)14)16-8-4-3-5-9(6-8)17-2/h3-6,16H,1-2H3. The average Bonchev–Trinajstić information content (AvgIpc) is 2.27. The molecule has 0 radical (unpaired) electrons. The maximum Gasteiger partial charge on any atom is 0.424 e. The van der Waals surface area contributed by atoms with Crippen LogP contribution in [0.4, 0.5) is 18.9 Å². The summed E-state index contributed by atoms with van der Waals surface area (Å²) in [6.45, 7) is 0.784. The molecule has 17 heavy (non-hydrogen) atoms. The number of hydrogen-bond donors (Lipinski definition) is 1. The number of nitrogens with zero attached hydrogens (tertiary/aromatic N) is 1. The number of hydrogen-bond acceptors (Lipinski definition) is 3. The molecule has 1 N–H and O–H groups in total. The number of benzene rings is 1. The van der Waals surface area contributed by atoms with E-state index in [2.05, 4.69) is 5.32 Å². The van der Waals surface area contributed by atoms with Crippen molar-refractivity contribution in [1.82, 2.24) is 0 Å². The SMILES string of the molecule is COc1cccc(NC(C)(C#N)C(F)(F)F)c1. The molecule has 1 aromatic carbocycles. The predicted molar refractivity (Wildman–Crippen MR) is 56.7 cm³/mol. The van der Waals surface area contributed by atoms with E-state index in [1.54, 1.807) is 6.07 Å². The second kappa shape index (κ2) is 4.53. The summed E-state index contributed by atoms with van der Waals surface area (Å²) in [5.41, 5.74) is -2.45. The predicted octanol–water partition coefficient (Wildman–Crippen LogP) is 2.95. The van der Waals surface area contributed by atoms with Crippen LogP contribution in [0, 0.1) is 11.3 Å². The van der Waals surface area contributed by atoms with Gasteiger partial charge in [-0.1, -0.05) is 6.07 Å². The third-order valence-corrected chi connectivity index (χ3v) is 2.25. The lowest BCUT2D eigenvalue weighted by molar-refractivity contribution is -0.158. The lowest BCUT2D eigenvalue weighted by Gasteiger charge is -2.27. The summed E-state index contributed by atoms with van der Waals surface area (Å²) >= 11 is 0. The molecule has 0 aliphatic heterocycles. The van der Waals surface area contributed by atoms with Crippen LogP contribution in [0.15, 0.2) is 24.3 Å². The summed E-state index contributed by atoms with van der Waals surface area (Å²) < 4.78 is 42.9. The number of anilines is 1. The molecule has 0 aromatic heterocycles. The molecule has 0 fully saturated rings. The first-order chi connectivity index (χ1) is 7.82. The lowest BCUT2D eigenvalue weighted by Crippen LogP contribution is -2.47. The number of rotatable bonds is 3. The van der Waals surface area contributed by atoms with Gasteiger partial charge in [-0.2, -0.15) is 18.4 Å². The van der Waals surface area contributed by atoms with Crippen molar-refractivity contribution in [2.24, 2.45) is 0 Å². The summed E-state index contributed by atoms with van der Waals surface area (Å²) in [6, 6.07) is 7.19. The summed E-state index contributed by atoms with van der Waals surface area (Å²) in [7, 11) is 1.41. The van der Waals surface area contributed by atoms with Crippen LogP contribution in [0.3, 0.4) is 0 Å². The van der Waals surface area contributed by atoms with Gasteiger partial charge in [-0.3, -0.25) is 0 Å². The van der Waals surface area contributed by atoms with Crippen molar-refractivity contribution in [3.63, 3.8) is 0 Å². The third kappa shape index (κ3) is 2.81. The zero-order valence-electron chi connectivity index (χ0n) is 9.30. The Balaban J connectivity index is 3.00. The van der Waals surface area contributed by atoms with Gasteiger partial charge in [0.05, 0.1) is 7.11 Å². The largest absolute Gasteiger partial charge is 0.497 e. The van der Waals surface area contributed by atoms with E-state index in [-0.39, 0.29) is 5.69 Å². The van der Waals surface area contributed by atoms with Gasteiger partial charge in [-0.25, -0.2) is 0 Å². The number of alkyl halides is 3. The van der Waals surface area contributed by atoms with E-state index >= 15 is 0 Å². The fourth-order valence-electron chi connectivity index (χ4n) is 1.15. The fourth-order valence-corrected chi connectivity index (χ4v) is 1.15. The first kappa shape index (κ1) is 13.2. The van der Waals surface area contributed by atoms with E-state index in [1.165, 1.54) is 31.4 Å². The van der Waals surface area contributed by atoms with Gasteiger partial charge in [-0.05, 0) is 19.1 Å². The van der Waals surface area contributed by atoms with Crippen molar-refractivity contribution in [3.05, 3.63) is 24.3 Å². The topological polar surface area (TPSA) is 45.0 Å². The Morgan fingerprint density at radius 1 is 1.35 bits per heavy atom. The molecule has 3 nitrogen and oxygen atoms in total. The molecule has 0 saturated carbocycles. The summed E-state index contributed by atoms with van der Waals surface area (Å²) in [5, 5.41) is 10.8.